The molecular weight excluding hydrogens is 450 g/mol. The first-order valence-corrected chi connectivity index (χ1v) is 11.7. The predicted octanol–water partition coefficient (Wildman–Crippen LogP) is 5.36. The Morgan fingerprint density at radius 3 is 2.38 bits per heavy atom. The molecule has 1 N–H and O–H groups in total. The molecule has 8 nitrogen and oxygen atoms in total. The lowest BCUT2D eigenvalue weighted by Crippen LogP contribution is -2.13. The summed E-state index contributed by atoms with van der Waals surface area (Å²) in [7, 11) is 0. The van der Waals surface area contributed by atoms with E-state index in [0.29, 0.717) is 51.6 Å². The van der Waals surface area contributed by atoms with Gasteiger partial charge in [-0.25, -0.2) is 4.98 Å². The molecule has 5 aromatic rings. The number of nitrogens with zero attached hydrogens (tertiary/aromatic N) is 4. The SMILES string of the molecule is Cc1oc2nc(SCc3nnc(Cc4ccccc4)o3)nc(NC(=O)c3ccccc3)c2c1C. The van der Waals surface area contributed by atoms with Gasteiger partial charge >= 0.3 is 0 Å². The zero-order valence-electron chi connectivity index (χ0n) is 18.6. The Balaban J connectivity index is 1.36. The van der Waals surface area contributed by atoms with Crippen LogP contribution in [0.4, 0.5) is 5.82 Å². The summed E-state index contributed by atoms with van der Waals surface area (Å²) in [6.45, 7) is 3.78. The van der Waals surface area contributed by atoms with Crippen LogP contribution in [0.1, 0.15) is 39.0 Å². The summed E-state index contributed by atoms with van der Waals surface area (Å²) >= 11 is 1.33. The number of fused-ring (bicyclic) bond motifs is 1. The number of carbonyl (C=O) groups excluding carboxylic acids is 1. The molecule has 0 radical (unpaired) electrons. The van der Waals surface area contributed by atoms with Gasteiger partial charge in [-0.05, 0) is 31.5 Å². The Kier molecular flexibility index (Phi) is 6.09. The van der Waals surface area contributed by atoms with Crippen LogP contribution in [0, 0.1) is 13.8 Å². The standard InChI is InChI=1S/C25H21N5O3S/c1-15-16(2)32-24-21(15)22(26-23(31)18-11-7-4-8-12-18)27-25(28-24)34-14-20-30-29-19(33-20)13-17-9-5-3-6-10-17/h3-12H,13-14H2,1-2H3,(H,26,27,28,31). The van der Waals surface area contributed by atoms with Gasteiger partial charge < -0.3 is 14.2 Å². The van der Waals surface area contributed by atoms with Crippen LogP contribution in [-0.2, 0) is 12.2 Å². The van der Waals surface area contributed by atoms with Crippen molar-refractivity contribution in [1.29, 1.82) is 0 Å². The maximum absolute atomic E-state index is 12.8. The van der Waals surface area contributed by atoms with Crippen molar-refractivity contribution in [2.24, 2.45) is 0 Å². The first-order chi connectivity index (χ1) is 16.6. The molecule has 3 aromatic heterocycles. The zero-order valence-corrected chi connectivity index (χ0v) is 19.4. The number of amides is 1. The Morgan fingerprint density at radius 1 is 0.912 bits per heavy atom. The second-order valence-electron chi connectivity index (χ2n) is 7.68. The van der Waals surface area contributed by atoms with Gasteiger partial charge in [-0.3, -0.25) is 4.79 Å². The third-order valence-electron chi connectivity index (χ3n) is 5.31. The van der Waals surface area contributed by atoms with E-state index in [1.54, 1.807) is 12.1 Å². The summed E-state index contributed by atoms with van der Waals surface area (Å²) < 4.78 is 11.6. The number of thioether (sulfide) groups is 1. The molecule has 0 saturated carbocycles. The summed E-state index contributed by atoms with van der Waals surface area (Å²) in [5.41, 5.74) is 2.95. The molecule has 9 heteroatoms. The molecule has 5 rings (SSSR count). The van der Waals surface area contributed by atoms with Gasteiger partial charge in [-0.1, -0.05) is 60.3 Å². The van der Waals surface area contributed by atoms with Crippen LogP contribution in [-0.4, -0.2) is 26.1 Å². The summed E-state index contributed by atoms with van der Waals surface area (Å²) in [5, 5.41) is 12.3. The maximum atomic E-state index is 12.8. The van der Waals surface area contributed by atoms with Gasteiger partial charge in [0.15, 0.2) is 5.16 Å². The average molecular weight is 472 g/mol. The predicted molar refractivity (Wildman–Crippen MR) is 129 cm³/mol. The molecule has 0 aliphatic heterocycles. The van der Waals surface area contributed by atoms with Crippen LogP contribution < -0.4 is 5.32 Å². The number of carbonyl (C=O) groups is 1. The van der Waals surface area contributed by atoms with Crippen LogP contribution in [0.15, 0.2) is 74.7 Å². The Bertz CT molecular complexity index is 1450. The highest BCUT2D eigenvalue weighted by molar-refractivity contribution is 7.98. The third-order valence-corrected chi connectivity index (χ3v) is 6.14. The Labute approximate surface area is 199 Å². The summed E-state index contributed by atoms with van der Waals surface area (Å²) in [5.74, 6) is 2.29. The number of hydrogen-bond donors (Lipinski definition) is 1. The number of hydrogen-bond acceptors (Lipinski definition) is 8. The number of furan rings is 1. The Morgan fingerprint density at radius 2 is 1.62 bits per heavy atom. The highest BCUT2D eigenvalue weighted by Crippen LogP contribution is 2.32. The fourth-order valence-electron chi connectivity index (χ4n) is 3.47. The van der Waals surface area contributed by atoms with Crippen molar-refractivity contribution in [2.75, 3.05) is 5.32 Å². The minimum atomic E-state index is -0.253. The van der Waals surface area contributed by atoms with Crippen molar-refractivity contribution in [1.82, 2.24) is 20.2 Å². The van der Waals surface area contributed by atoms with Crippen molar-refractivity contribution in [2.45, 2.75) is 31.2 Å². The summed E-state index contributed by atoms with van der Waals surface area (Å²) in [6.07, 6.45) is 0.571. The van der Waals surface area contributed by atoms with Gasteiger partial charge in [0.2, 0.25) is 17.5 Å². The van der Waals surface area contributed by atoms with Crippen LogP contribution in [0.2, 0.25) is 0 Å². The van der Waals surface area contributed by atoms with Crippen molar-refractivity contribution in [3.63, 3.8) is 0 Å². The molecule has 0 saturated heterocycles. The summed E-state index contributed by atoms with van der Waals surface area (Å²) in [4.78, 5) is 21.9. The first-order valence-electron chi connectivity index (χ1n) is 10.7. The van der Waals surface area contributed by atoms with Crippen LogP contribution >= 0.6 is 11.8 Å². The molecule has 170 valence electrons. The molecule has 3 heterocycles. The zero-order chi connectivity index (χ0) is 23.5. The number of aryl methyl sites for hydroxylation is 2. The average Bonchev–Trinajstić information content (AvgIpc) is 3.42. The van der Waals surface area contributed by atoms with Gasteiger partial charge in [0.25, 0.3) is 5.91 Å². The molecule has 2 aromatic carbocycles. The van der Waals surface area contributed by atoms with Crippen molar-refractivity contribution in [3.8, 4) is 0 Å². The molecule has 0 unspecified atom stereocenters. The number of rotatable bonds is 7. The van der Waals surface area contributed by atoms with Gasteiger partial charge in [-0.15, -0.1) is 10.2 Å². The number of aromatic nitrogens is 4. The second-order valence-corrected chi connectivity index (χ2v) is 8.62. The molecule has 0 fully saturated rings. The van der Waals surface area contributed by atoms with Gasteiger partial charge in [0.1, 0.15) is 11.6 Å². The van der Waals surface area contributed by atoms with Gasteiger partial charge in [0, 0.05) is 11.1 Å². The molecular formula is C25H21N5O3S. The van der Waals surface area contributed by atoms with Gasteiger partial charge in [-0.2, -0.15) is 4.98 Å². The Hall–Kier alpha value is -3.98. The van der Waals surface area contributed by atoms with E-state index in [2.05, 4.69) is 25.5 Å². The lowest BCUT2D eigenvalue weighted by molar-refractivity contribution is 0.102. The number of nitrogens with one attached hydrogen (secondary N) is 1. The highest BCUT2D eigenvalue weighted by Gasteiger charge is 2.19. The van der Waals surface area contributed by atoms with E-state index in [-0.39, 0.29) is 5.91 Å². The van der Waals surface area contributed by atoms with E-state index in [0.717, 1.165) is 16.9 Å². The summed E-state index contributed by atoms with van der Waals surface area (Å²) in [6, 6.07) is 18.9. The lowest BCUT2D eigenvalue weighted by Gasteiger charge is -2.07. The molecule has 1 amide bonds. The number of anilines is 1. The third kappa shape index (κ3) is 4.69. The lowest BCUT2D eigenvalue weighted by atomic mass is 10.2. The molecule has 0 atom stereocenters. The van der Waals surface area contributed by atoms with Crippen molar-refractivity contribution >= 4 is 34.6 Å². The monoisotopic (exact) mass is 471 g/mol. The van der Waals surface area contributed by atoms with E-state index in [4.69, 9.17) is 8.83 Å². The van der Waals surface area contributed by atoms with E-state index in [9.17, 15) is 4.79 Å². The van der Waals surface area contributed by atoms with Crippen molar-refractivity contribution < 1.29 is 13.6 Å². The topological polar surface area (TPSA) is 107 Å². The quantitative estimate of drug-likeness (QED) is 0.250. The molecule has 0 aliphatic rings. The fraction of sp³-hybridized carbons (Fsp3) is 0.160. The largest absolute Gasteiger partial charge is 0.443 e. The fourth-order valence-corrected chi connectivity index (χ4v) is 4.14. The van der Waals surface area contributed by atoms with E-state index in [1.807, 2.05) is 62.4 Å². The molecule has 0 spiro atoms. The minimum Gasteiger partial charge on any atom is -0.443 e. The normalized spacial score (nSPS) is 11.1. The van der Waals surface area contributed by atoms with E-state index < -0.39 is 0 Å². The molecule has 0 bridgehead atoms. The second kappa shape index (κ2) is 9.48. The first kappa shape index (κ1) is 21.8. The van der Waals surface area contributed by atoms with Crippen LogP contribution in [0.3, 0.4) is 0 Å². The van der Waals surface area contributed by atoms with Crippen LogP contribution in [0.25, 0.3) is 11.1 Å². The molecule has 0 aliphatic carbocycles. The smallest absolute Gasteiger partial charge is 0.256 e. The molecule has 34 heavy (non-hydrogen) atoms. The van der Waals surface area contributed by atoms with Gasteiger partial charge in [0.05, 0.1) is 17.6 Å². The minimum absolute atomic E-state index is 0.253. The van der Waals surface area contributed by atoms with E-state index in [1.165, 1.54) is 11.8 Å². The van der Waals surface area contributed by atoms with Crippen molar-refractivity contribution in [3.05, 3.63) is 94.9 Å². The number of benzene rings is 2. The highest BCUT2D eigenvalue weighted by atomic mass is 32.2. The maximum Gasteiger partial charge on any atom is 0.256 e. The van der Waals surface area contributed by atoms with Crippen LogP contribution in [0.5, 0.6) is 0 Å². The van der Waals surface area contributed by atoms with E-state index >= 15 is 0 Å².